The largest absolute Gasteiger partial charge is 0.356 e. The number of rotatable bonds is 3. The quantitative estimate of drug-likeness (QED) is 0.422. The molecular weight excluding hydrogens is 454 g/mol. The Hall–Kier alpha value is -2.40. The topological polar surface area (TPSA) is 54.3 Å². The van der Waals surface area contributed by atoms with Crippen LogP contribution in [0.15, 0.2) is 29.1 Å². The maximum Gasteiger partial charge on any atom is 0.250 e. The molecule has 3 heterocycles. The van der Waals surface area contributed by atoms with Gasteiger partial charge in [0.25, 0.3) is 5.56 Å². The summed E-state index contributed by atoms with van der Waals surface area (Å²) in [6.45, 7) is 1.81. The third kappa shape index (κ3) is 4.33. The zero-order chi connectivity index (χ0) is 22.3. The lowest BCUT2D eigenvalue weighted by molar-refractivity contribution is -0.113. The van der Waals surface area contributed by atoms with Gasteiger partial charge in [-0.1, -0.05) is 30.0 Å². The van der Waals surface area contributed by atoms with Gasteiger partial charge in [-0.25, -0.2) is 17.6 Å². The summed E-state index contributed by atoms with van der Waals surface area (Å²) in [5, 5.41) is 1.87. The Bertz CT molecular complexity index is 1100. The molecule has 0 spiro atoms. The number of benzene rings is 1. The summed E-state index contributed by atoms with van der Waals surface area (Å²) < 4.78 is 56.2. The number of carbonyl (C=O) groups is 1. The second kappa shape index (κ2) is 8.62. The van der Waals surface area contributed by atoms with Gasteiger partial charge in [-0.3, -0.25) is 9.59 Å². The van der Waals surface area contributed by atoms with Gasteiger partial charge in [0.15, 0.2) is 23.3 Å². The van der Waals surface area contributed by atoms with E-state index in [2.05, 4.69) is 0 Å². The van der Waals surface area contributed by atoms with Crippen LogP contribution in [-0.2, 0) is 11.3 Å². The van der Waals surface area contributed by atoms with Gasteiger partial charge in [0.05, 0.1) is 5.75 Å². The van der Waals surface area contributed by atoms with E-state index >= 15 is 0 Å². The van der Waals surface area contributed by atoms with E-state index in [1.807, 2.05) is 16.3 Å². The van der Waals surface area contributed by atoms with E-state index in [0.717, 1.165) is 23.9 Å². The fourth-order valence-electron chi connectivity index (χ4n) is 4.12. The molecule has 1 fully saturated rings. The lowest BCUT2D eigenvalue weighted by atomic mass is 9.83. The Kier molecular flexibility index (Phi) is 6.07. The van der Waals surface area contributed by atoms with E-state index in [4.69, 9.17) is 12.2 Å². The summed E-state index contributed by atoms with van der Waals surface area (Å²) in [4.78, 5) is 26.2. The summed E-state index contributed by atoms with van der Waals surface area (Å²) in [5.74, 6) is -7.30. The van der Waals surface area contributed by atoms with Crippen LogP contribution in [0.25, 0.3) is 0 Å². The molecule has 164 valence electrons. The molecule has 1 amide bonds. The van der Waals surface area contributed by atoms with E-state index in [9.17, 15) is 27.2 Å². The van der Waals surface area contributed by atoms with Gasteiger partial charge in [-0.2, -0.15) is 0 Å². The Morgan fingerprint density at radius 1 is 1.13 bits per heavy atom. The maximum absolute atomic E-state index is 13.7. The molecule has 2 atom stereocenters. The number of nitrogens with zero attached hydrogens (tertiary/aromatic N) is 2. The number of amides is 1. The van der Waals surface area contributed by atoms with Crippen LogP contribution in [0.1, 0.15) is 18.0 Å². The molecule has 2 aromatic rings. The smallest absolute Gasteiger partial charge is 0.250 e. The van der Waals surface area contributed by atoms with Gasteiger partial charge >= 0.3 is 0 Å². The van der Waals surface area contributed by atoms with Crippen molar-refractivity contribution in [1.82, 2.24) is 9.47 Å². The number of hydrogen-bond donors (Lipinski definition) is 1. The molecule has 11 heteroatoms. The summed E-state index contributed by atoms with van der Waals surface area (Å²) in [6.07, 6.45) is 0.942. The van der Waals surface area contributed by atoms with Gasteiger partial charge in [0.1, 0.15) is 10.0 Å². The fourth-order valence-corrected chi connectivity index (χ4v) is 5.11. The lowest BCUT2D eigenvalue weighted by Gasteiger charge is -2.43. The summed E-state index contributed by atoms with van der Waals surface area (Å²) in [6, 6.07) is 5.27. The number of hydrogen-bond acceptors (Lipinski definition) is 4. The Labute approximate surface area is 184 Å². The number of piperidine rings is 1. The SMILES string of the molecule is O=C(CSC(=S)N1CC2CC(C1)c1cccc(=O)n1C2)Nc1c(F)c(F)cc(F)c1F. The molecule has 2 aliphatic rings. The zero-order valence-corrected chi connectivity index (χ0v) is 17.7. The summed E-state index contributed by atoms with van der Waals surface area (Å²) >= 11 is 6.42. The number of thiocarbonyl (C=S) groups is 1. The third-order valence-electron chi connectivity index (χ3n) is 5.44. The predicted octanol–water partition coefficient (Wildman–Crippen LogP) is 3.48. The van der Waals surface area contributed by atoms with Crippen molar-refractivity contribution in [2.45, 2.75) is 18.9 Å². The number of aromatic nitrogens is 1. The standard InChI is InChI=1S/C20H17F4N3O2S2/c21-12-5-13(22)18(24)19(17(12)23)25-15(28)9-31-20(30)26-6-10-4-11(8-26)14-2-1-3-16(29)27(14)7-10/h1-3,5,10-11H,4,6-9H2,(H,25,28). The highest BCUT2D eigenvalue weighted by molar-refractivity contribution is 8.23. The lowest BCUT2D eigenvalue weighted by Crippen LogP contribution is -2.48. The number of thioether (sulfide) groups is 1. The average molecular weight is 472 g/mol. The molecule has 0 radical (unpaired) electrons. The molecule has 31 heavy (non-hydrogen) atoms. The monoisotopic (exact) mass is 471 g/mol. The van der Waals surface area contributed by atoms with Crippen LogP contribution < -0.4 is 10.9 Å². The molecule has 4 rings (SSSR count). The highest BCUT2D eigenvalue weighted by atomic mass is 32.2. The minimum Gasteiger partial charge on any atom is -0.356 e. The molecule has 1 N–H and O–H groups in total. The minimum absolute atomic E-state index is 0.0254. The molecule has 1 aromatic heterocycles. The average Bonchev–Trinajstić information content (AvgIpc) is 2.74. The number of carbonyl (C=O) groups excluding carboxylic acids is 1. The van der Waals surface area contributed by atoms with Crippen molar-refractivity contribution in [3.8, 4) is 0 Å². The maximum atomic E-state index is 13.7. The molecule has 0 saturated carbocycles. The molecule has 2 aliphatic heterocycles. The normalized spacial score (nSPS) is 19.7. The molecule has 2 bridgehead atoms. The van der Waals surface area contributed by atoms with Crippen LogP contribution in [-0.4, -0.2) is 38.5 Å². The highest BCUT2D eigenvalue weighted by Gasteiger charge is 2.35. The number of pyridine rings is 1. The Balaban J connectivity index is 1.38. The summed E-state index contributed by atoms with van der Waals surface area (Å²) in [7, 11) is 0. The Morgan fingerprint density at radius 3 is 2.55 bits per heavy atom. The van der Waals surface area contributed by atoms with Gasteiger partial charge < -0.3 is 14.8 Å². The van der Waals surface area contributed by atoms with Gasteiger partial charge in [0, 0.05) is 43.4 Å². The summed E-state index contributed by atoms with van der Waals surface area (Å²) in [5.41, 5.74) is -0.232. The van der Waals surface area contributed by atoms with Crippen LogP contribution >= 0.6 is 24.0 Å². The van der Waals surface area contributed by atoms with Crippen LogP contribution in [0.2, 0.25) is 0 Å². The van der Waals surface area contributed by atoms with E-state index < -0.39 is 34.9 Å². The third-order valence-corrected chi connectivity index (χ3v) is 6.96. The van der Waals surface area contributed by atoms with Crippen LogP contribution in [0.4, 0.5) is 23.2 Å². The van der Waals surface area contributed by atoms with Crippen LogP contribution in [0.5, 0.6) is 0 Å². The van der Waals surface area contributed by atoms with E-state index in [1.54, 1.807) is 10.6 Å². The molecule has 1 saturated heterocycles. The van der Waals surface area contributed by atoms with Gasteiger partial charge in [-0.05, 0) is 18.4 Å². The van der Waals surface area contributed by atoms with Crippen molar-refractivity contribution in [2.75, 3.05) is 24.2 Å². The number of likely N-dealkylation sites (tertiary alicyclic amines) is 1. The van der Waals surface area contributed by atoms with Crippen LogP contribution in [0, 0.1) is 29.2 Å². The number of anilines is 1. The first-order valence-corrected chi connectivity index (χ1v) is 10.9. The number of fused-ring (bicyclic) bond motifs is 4. The van der Waals surface area contributed by atoms with E-state index in [1.165, 1.54) is 6.07 Å². The second-order valence-electron chi connectivity index (χ2n) is 7.55. The molecule has 0 aliphatic carbocycles. The van der Waals surface area contributed by atoms with Crippen molar-refractivity contribution in [2.24, 2.45) is 5.92 Å². The number of halogens is 4. The minimum atomic E-state index is -1.67. The van der Waals surface area contributed by atoms with Crippen molar-refractivity contribution >= 4 is 39.9 Å². The molecule has 2 unspecified atom stereocenters. The van der Waals surface area contributed by atoms with E-state index in [-0.39, 0.29) is 29.2 Å². The predicted molar refractivity (Wildman–Crippen MR) is 113 cm³/mol. The van der Waals surface area contributed by atoms with Crippen molar-refractivity contribution in [3.05, 3.63) is 63.6 Å². The second-order valence-corrected chi connectivity index (χ2v) is 9.16. The molecular formula is C20H17F4N3O2S2. The van der Waals surface area contributed by atoms with Crippen molar-refractivity contribution in [1.29, 1.82) is 0 Å². The number of nitrogens with one attached hydrogen (secondary N) is 1. The zero-order valence-electron chi connectivity index (χ0n) is 16.0. The van der Waals surface area contributed by atoms with Gasteiger partial charge in [0.2, 0.25) is 5.91 Å². The highest BCUT2D eigenvalue weighted by Crippen LogP contribution is 2.36. The van der Waals surface area contributed by atoms with Crippen molar-refractivity contribution in [3.63, 3.8) is 0 Å². The first-order valence-electron chi connectivity index (χ1n) is 9.49. The first kappa shape index (κ1) is 21.8. The Morgan fingerprint density at radius 2 is 1.84 bits per heavy atom. The van der Waals surface area contributed by atoms with Crippen LogP contribution in [0.3, 0.4) is 0 Å². The first-order chi connectivity index (χ1) is 14.7. The van der Waals surface area contributed by atoms with Crippen molar-refractivity contribution < 1.29 is 22.4 Å². The molecule has 1 aromatic carbocycles. The van der Waals surface area contributed by atoms with Gasteiger partial charge in [-0.15, -0.1) is 0 Å². The molecule has 5 nitrogen and oxygen atoms in total. The van der Waals surface area contributed by atoms with E-state index in [0.29, 0.717) is 24.0 Å². The fraction of sp³-hybridized carbons (Fsp3) is 0.350.